The van der Waals surface area contributed by atoms with Gasteiger partial charge >= 0.3 is 0 Å². The molecular weight excluding hydrogens is 228 g/mol. The van der Waals surface area contributed by atoms with Crippen LogP contribution in [-0.4, -0.2) is 30.0 Å². The van der Waals surface area contributed by atoms with Gasteiger partial charge in [0.2, 0.25) is 11.9 Å². The highest BCUT2D eigenvalue weighted by Gasteiger charge is 2.24. The molecule has 98 valence electrons. The monoisotopic (exact) mass is 248 g/mol. The van der Waals surface area contributed by atoms with Crippen molar-refractivity contribution < 1.29 is 4.79 Å². The fourth-order valence-corrected chi connectivity index (χ4v) is 1.75. The van der Waals surface area contributed by atoms with E-state index in [1.807, 2.05) is 32.0 Å². The zero-order chi connectivity index (χ0) is 13.1. The fraction of sp³-hybridized carbons (Fsp3) is 0.615. The zero-order valence-corrected chi connectivity index (χ0v) is 11.2. The molecule has 5 nitrogen and oxygen atoms in total. The van der Waals surface area contributed by atoms with E-state index < -0.39 is 0 Å². The van der Waals surface area contributed by atoms with Crippen molar-refractivity contribution in [1.82, 2.24) is 15.3 Å². The summed E-state index contributed by atoms with van der Waals surface area (Å²) in [4.78, 5) is 22.2. The van der Waals surface area contributed by atoms with Crippen molar-refractivity contribution in [2.75, 3.05) is 19.0 Å². The second kappa shape index (κ2) is 5.33. The van der Waals surface area contributed by atoms with E-state index in [0.717, 1.165) is 11.4 Å². The second-order valence-electron chi connectivity index (χ2n) is 5.12. The molecule has 1 heterocycles. The first kappa shape index (κ1) is 12.8. The molecule has 0 atom stereocenters. The number of carbonyl (C=O) groups is 1. The van der Waals surface area contributed by atoms with Gasteiger partial charge in [0.1, 0.15) is 0 Å². The number of hydrogen-bond donors (Lipinski definition) is 1. The second-order valence-corrected chi connectivity index (χ2v) is 5.12. The summed E-state index contributed by atoms with van der Waals surface area (Å²) < 4.78 is 0. The Morgan fingerprint density at radius 2 is 2.17 bits per heavy atom. The maximum atomic E-state index is 11.6. The van der Waals surface area contributed by atoms with E-state index in [0.29, 0.717) is 24.8 Å². The van der Waals surface area contributed by atoms with Crippen molar-refractivity contribution in [2.45, 2.75) is 32.7 Å². The minimum absolute atomic E-state index is 0.125. The Morgan fingerprint density at radius 3 is 2.78 bits per heavy atom. The number of rotatable bonds is 5. The summed E-state index contributed by atoms with van der Waals surface area (Å²) in [5, 5.41) is 2.92. The lowest BCUT2D eigenvalue weighted by Gasteiger charge is -2.12. The first-order valence-corrected chi connectivity index (χ1v) is 6.33. The van der Waals surface area contributed by atoms with Crippen LogP contribution < -0.4 is 10.2 Å². The Morgan fingerprint density at radius 1 is 1.44 bits per heavy atom. The van der Waals surface area contributed by atoms with Gasteiger partial charge in [-0.2, -0.15) is 0 Å². The molecule has 1 fully saturated rings. The SMILES string of the molecule is Cc1cc(CNC(=O)CC2CC2)nc(N(C)C)n1. The van der Waals surface area contributed by atoms with Crippen LogP contribution in [0.4, 0.5) is 5.95 Å². The normalized spacial score (nSPS) is 14.4. The van der Waals surface area contributed by atoms with Crippen LogP contribution in [0.25, 0.3) is 0 Å². The molecular formula is C13H20N4O. The maximum Gasteiger partial charge on any atom is 0.225 e. The minimum atomic E-state index is 0.125. The van der Waals surface area contributed by atoms with E-state index in [-0.39, 0.29) is 5.91 Å². The molecule has 0 spiro atoms. The van der Waals surface area contributed by atoms with Gasteiger partial charge in [0, 0.05) is 26.2 Å². The van der Waals surface area contributed by atoms with Gasteiger partial charge in [-0.05, 0) is 31.7 Å². The molecule has 0 aromatic carbocycles. The van der Waals surface area contributed by atoms with Crippen molar-refractivity contribution in [3.05, 3.63) is 17.5 Å². The third-order valence-corrected chi connectivity index (χ3v) is 2.93. The van der Waals surface area contributed by atoms with Crippen LogP contribution in [-0.2, 0) is 11.3 Å². The van der Waals surface area contributed by atoms with Gasteiger partial charge in [0.15, 0.2) is 0 Å². The Labute approximate surface area is 108 Å². The van der Waals surface area contributed by atoms with Crippen molar-refractivity contribution in [3.63, 3.8) is 0 Å². The molecule has 0 unspecified atom stereocenters. The quantitative estimate of drug-likeness (QED) is 0.852. The number of aromatic nitrogens is 2. The molecule has 1 aliphatic rings. The van der Waals surface area contributed by atoms with E-state index in [2.05, 4.69) is 15.3 Å². The maximum absolute atomic E-state index is 11.6. The number of hydrogen-bond acceptors (Lipinski definition) is 4. The van der Waals surface area contributed by atoms with Gasteiger partial charge in [-0.1, -0.05) is 0 Å². The number of nitrogens with zero attached hydrogens (tertiary/aromatic N) is 3. The molecule has 0 aliphatic heterocycles. The predicted octanol–water partition coefficient (Wildman–Crippen LogP) is 1.27. The highest BCUT2D eigenvalue weighted by atomic mass is 16.1. The lowest BCUT2D eigenvalue weighted by Crippen LogP contribution is -2.24. The van der Waals surface area contributed by atoms with Crippen LogP contribution in [0.1, 0.15) is 30.7 Å². The number of anilines is 1. The molecule has 1 N–H and O–H groups in total. The van der Waals surface area contributed by atoms with Crippen molar-refractivity contribution in [1.29, 1.82) is 0 Å². The smallest absolute Gasteiger partial charge is 0.225 e. The van der Waals surface area contributed by atoms with Crippen LogP contribution in [0.15, 0.2) is 6.07 Å². The molecule has 1 aliphatic carbocycles. The standard InChI is InChI=1S/C13H20N4O/c1-9-6-11(16-13(15-9)17(2)3)8-14-12(18)7-10-4-5-10/h6,10H,4-5,7-8H2,1-3H3,(H,14,18). The van der Waals surface area contributed by atoms with E-state index in [1.54, 1.807) is 0 Å². The minimum Gasteiger partial charge on any atom is -0.350 e. The van der Waals surface area contributed by atoms with Crippen LogP contribution in [0, 0.1) is 12.8 Å². The van der Waals surface area contributed by atoms with E-state index in [1.165, 1.54) is 12.8 Å². The number of aryl methyl sites for hydroxylation is 1. The highest BCUT2D eigenvalue weighted by Crippen LogP contribution is 2.32. The van der Waals surface area contributed by atoms with Gasteiger partial charge < -0.3 is 10.2 Å². The Kier molecular flexibility index (Phi) is 3.79. The van der Waals surface area contributed by atoms with Gasteiger partial charge in [-0.15, -0.1) is 0 Å². The summed E-state index contributed by atoms with van der Waals surface area (Å²) in [5.74, 6) is 1.43. The average molecular weight is 248 g/mol. The summed E-state index contributed by atoms with van der Waals surface area (Å²) in [5.41, 5.74) is 1.77. The molecule has 0 saturated heterocycles. The van der Waals surface area contributed by atoms with E-state index >= 15 is 0 Å². The van der Waals surface area contributed by atoms with Gasteiger partial charge in [0.05, 0.1) is 12.2 Å². The lowest BCUT2D eigenvalue weighted by molar-refractivity contribution is -0.121. The van der Waals surface area contributed by atoms with Crippen molar-refractivity contribution in [2.24, 2.45) is 5.92 Å². The molecule has 1 amide bonds. The first-order chi connectivity index (χ1) is 8.54. The summed E-state index contributed by atoms with van der Waals surface area (Å²) >= 11 is 0. The number of nitrogens with one attached hydrogen (secondary N) is 1. The van der Waals surface area contributed by atoms with Gasteiger partial charge in [0.25, 0.3) is 0 Å². The summed E-state index contributed by atoms with van der Waals surface area (Å²) in [6, 6.07) is 1.91. The molecule has 5 heteroatoms. The zero-order valence-electron chi connectivity index (χ0n) is 11.2. The number of amides is 1. The number of carbonyl (C=O) groups excluding carboxylic acids is 1. The van der Waals surface area contributed by atoms with Crippen molar-refractivity contribution in [3.8, 4) is 0 Å². The van der Waals surface area contributed by atoms with Crippen LogP contribution in [0.2, 0.25) is 0 Å². The van der Waals surface area contributed by atoms with Crippen LogP contribution >= 0.6 is 0 Å². The highest BCUT2D eigenvalue weighted by molar-refractivity contribution is 5.76. The molecule has 1 saturated carbocycles. The average Bonchev–Trinajstić information content (AvgIpc) is 3.09. The Bertz CT molecular complexity index is 441. The predicted molar refractivity (Wildman–Crippen MR) is 70.3 cm³/mol. The molecule has 18 heavy (non-hydrogen) atoms. The largest absolute Gasteiger partial charge is 0.350 e. The van der Waals surface area contributed by atoms with Crippen LogP contribution in [0.3, 0.4) is 0 Å². The summed E-state index contributed by atoms with van der Waals surface area (Å²) in [6.07, 6.45) is 3.06. The van der Waals surface area contributed by atoms with Gasteiger partial charge in [-0.3, -0.25) is 4.79 Å². The molecule has 0 radical (unpaired) electrons. The lowest BCUT2D eigenvalue weighted by atomic mass is 10.2. The van der Waals surface area contributed by atoms with Gasteiger partial charge in [-0.25, -0.2) is 9.97 Å². The first-order valence-electron chi connectivity index (χ1n) is 6.33. The Hall–Kier alpha value is -1.65. The molecule has 1 aromatic heterocycles. The van der Waals surface area contributed by atoms with Crippen LogP contribution in [0.5, 0.6) is 0 Å². The molecule has 2 rings (SSSR count). The summed E-state index contributed by atoms with van der Waals surface area (Å²) in [7, 11) is 3.81. The third kappa shape index (κ3) is 3.68. The van der Waals surface area contributed by atoms with Crippen molar-refractivity contribution >= 4 is 11.9 Å². The topological polar surface area (TPSA) is 58.1 Å². The van der Waals surface area contributed by atoms with E-state index in [4.69, 9.17) is 0 Å². The molecule has 0 bridgehead atoms. The fourth-order valence-electron chi connectivity index (χ4n) is 1.75. The summed E-state index contributed by atoms with van der Waals surface area (Å²) in [6.45, 7) is 2.42. The third-order valence-electron chi connectivity index (χ3n) is 2.93. The molecule has 1 aromatic rings. The Balaban J connectivity index is 1.93. The van der Waals surface area contributed by atoms with E-state index in [9.17, 15) is 4.79 Å².